The van der Waals surface area contributed by atoms with Gasteiger partial charge in [0.05, 0.1) is 11.3 Å². The van der Waals surface area contributed by atoms with E-state index in [0.717, 1.165) is 38.8 Å². The molecule has 1 atom stereocenters. The summed E-state index contributed by atoms with van der Waals surface area (Å²) in [6.07, 6.45) is -0.431. The van der Waals surface area contributed by atoms with Crippen molar-refractivity contribution in [2.45, 2.75) is 51.6 Å². The van der Waals surface area contributed by atoms with Crippen LogP contribution in [0.1, 0.15) is 45.4 Å². The fourth-order valence-electron chi connectivity index (χ4n) is 3.72. The molecule has 2 fully saturated rings. The zero-order chi connectivity index (χ0) is 15.5. The first-order valence-corrected chi connectivity index (χ1v) is 7.96. The minimum atomic E-state index is -4.19. The highest BCUT2D eigenvalue weighted by molar-refractivity contribution is 5.83. The Morgan fingerprint density at radius 1 is 1.33 bits per heavy atom. The zero-order valence-corrected chi connectivity index (χ0v) is 12.6. The molecule has 2 rings (SSSR count). The number of alkyl halides is 3. The standard InChI is InChI=1S/C15H25F3N2O/c1-2-5-14(6-8-19-9-7-14)13(21)20-10-3-4-12(11-20)15(16,17)18/h12,19H,2-11H2,1H3. The van der Waals surface area contributed by atoms with Crippen molar-refractivity contribution in [2.24, 2.45) is 11.3 Å². The van der Waals surface area contributed by atoms with E-state index in [1.807, 2.05) is 6.92 Å². The predicted octanol–water partition coefficient (Wildman–Crippen LogP) is 2.96. The van der Waals surface area contributed by atoms with Crippen molar-refractivity contribution in [1.82, 2.24) is 10.2 Å². The number of piperidine rings is 2. The molecule has 1 amide bonds. The van der Waals surface area contributed by atoms with Crippen LogP contribution in [-0.4, -0.2) is 43.2 Å². The average Bonchev–Trinajstić information content (AvgIpc) is 2.47. The van der Waals surface area contributed by atoms with Crippen molar-refractivity contribution >= 4 is 5.91 Å². The lowest BCUT2D eigenvalue weighted by Crippen LogP contribution is -2.53. The van der Waals surface area contributed by atoms with Crippen LogP contribution < -0.4 is 5.32 Å². The lowest BCUT2D eigenvalue weighted by atomic mass is 9.73. The molecule has 2 aliphatic heterocycles. The number of rotatable bonds is 3. The first kappa shape index (κ1) is 16.6. The number of nitrogens with zero attached hydrogens (tertiary/aromatic N) is 1. The molecular weight excluding hydrogens is 281 g/mol. The SMILES string of the molecule is CCCC1(C(=O)N2CCCC(C(F)(F)F)C2)CCNCC1. The minimum Gasteiger partial charge on any atom is -0.342 e. The molecule has 0 aliphatic carbocycles. The molecule has 0 radical (unpaired) electrons. The van der Waals surface area contributed by atoms with Gasteiger partial charge in [0.1, 0.15) is 0 Å². The highest BCUT2D eigenvalue weighted by Crippen LogP contribution is 2.39. The van der Waals surface area contributed by atoms with Crippen LogP contribution in [0.25, 0.3) is 0 Å². The topological polar surface area (TPSA) is 32.3 Å². The third kappa shape index (κ3) is 3.71. The van der Waals surface area contributed by atoms with Gasteiger partial charge < -0.3 is 10.2 Å². The highest BCUT2D eigenvalue weighted by atomic mass is 19.4. The van der Waals surface area contributed by atoms with Crippen molar-refractivity contribution in [3.63, 3.8) is 0 Å². The minimum absolute atomic E-state index is 0.0419. The summed E-state index contributed by atoms with van der Waals surface area (Å²) in [6.45, 7) is 3.92. The molecule has 0 spiro atoms. The van der Waals surface area contributed by atoms with E-state index in [4.69, 9.17) is 0 Å². The Kier molecular flexibility index (Phi) is 5.17. The second-order valence-electron chi connectivity index (χ2n) is 6.41. The van der Waals surface area contributed by atoms with Crippen molar-refractivity contribution in [2.75, 3.05) is 26.2 Å². The number of hydrogen-bond donors (Lipinski definition) is 1. The van der Waals surface area contributed by atoms with Gasteiger partial charge in [0.15, 0.2) is 0 Å². The summed E-state index contributed by atoms with van der Waals surface area (Å²) in [4.78, 5) is 14.4. The van der Waals surface area contributed by atoms with Gasteiger partial charge in [0.2, 0.25) is 5.91 Å². The lowest BCUT2D eigenvalue weighted by Gasteiger charge is -2.43. The molecule has 3 nitrogen and oxygen atoms in total. The second-order valence-corrected chi connectivity index (χ2v) is 6.41. The molecular formula is C15H25F3N2O. The summed E-state index contributed by atoms with van der Waals surface area (Å²) in [6, 6.07) is 0. The Morgan fingerprint density at radius 2 is 2.00 bits per heavy atom. The van der Waals surface area contributed by atoms with Gasteiger partial charge in [0, 0.05) is 13.1 Å². The van der Waals surface area contributed by atoms with Gasteiger partial charge in [-0.05, 0) is 45.2 Å². The van der Waals surface area contributed by atoms with Gasteiger partial charge in [-0.1, -0.05) is 13.3 Å². The van der Waals surface area contributed by atoms with Crippen LogP contribution in [0.3, 0.4) is 0 Å². The summed E-state index contributed by atoms with van der Waals surface area (Å²) >= 11 is 0. The maximum Gasteiger partial charge on any atom is 0.393 e. The molecule has 0 bridgehead atoms. The fraction of sp³-hybridized carbons (Fsp3) is 0.933. The number of nitrogens with one attached hydrogen (secondary N) is 1. The van der Waals surface area contributed by atoms with E-state index >= 15 is 0 Å². The Hall–Kier alpha value is -0.780. The van der Waals surface area contributed by atoms with Crippen LogP contribution in [0.15, 0.2) is 0 Å². The van der Waals surface area contributed by atoms with Crippen LogP contribution in [0, 0.1) is 11.3 Å². The third-order valence-electron chi connectivity index (χ3n) is 4.91. The van der Waals surface area contributed by atoms with E-state index in [9.17, 15) is 18.0 Å². The van der Waals surface area contributed by atoms with Crippen LogP contribution in [0.2, 0.25) is 0 Å². The molecule has 0 aromatic rings. The molecule has 1 unspecified atom stereocenters. The molecule has 1 N–H and O–H groups in total. The second kappa shape index (κ2) is 6.55. The molecule has 0 aromatic heterocycles. The molecule has 2 heterocycles. The van der Waals surface area contributed by atoms with E-state index in [0.29, 0.717) is 13.0 Å². The number of carbonyl (C=O) groups excluding carboxylic acids is 1. The van der Waals surface area contributed by atoms with Crippen LogP contribution >= 0.6 is 0 Å². The number of carbonyl (C=O) groups is 1. The molecule has 21 heavy (non-hydrogen) atoms. The zero-order valence-electron chi connectivity index (χ0n) is 12.6. The molecule has 0 saturated carbocycles. The van der Waals surface area contributed by atoms with Crippen LogP contribution in [0.4, 0.5) is 13.2 Å². The van der Waals surface area contributed by atoms with Crippen LogP contribution in [0.5, 0.6) is 0 Å². The molecule has 122 valence electrons. The quantitative estimate of drug-likeness (QED) is 0.869. The molecule has 2 saturated heterocycles. The van der Waals surface area contributed by atoms with E-state index in [1.54, 1.807) is 0 Å². The number of amides is 1. The van der Waals surface area contributed by atoms with E-state index in [2.05, 4.69) is 5.32 Å². The largest absolute Gasteiger partial charge is 0.393 e. The third-order valence-corrected chi connectivity index (χ3v) is 4.91. The van der Waals surface area contributed by atoms with E-state index in [-0.39, 0.29) is 18.9 Å². The number of hydrogen-bond acceptors (Lipinski definition) is 2. The van der Waals surface area contributed by atoms with Gasteiger partial charge in [-0.25, -0.2) is 0 Å². The van der Waals surface area contributed by atoms with Gasteiger partial charge in [-0.3, -0.25) is 4.79 Å². The Balaban J connectivity index is 2.09. The Morgan fingerprint density at radius 3 is 2.57 bits per heavy atom. The fourth-order valence-corrected chi connectivity index (χ4v) is 3.72. The predicted molar refractivity (Wildman–Crippen MR) is 74.8 cm³/mol. The maximum absolute atomic E-state index is 12.9. The van der Waals surface area contributed by atoms with E-state index < -0.39 is 17.5 Å². The lowest BCUT2D eigenvalue weighted by molar-refractivity contribution is -0.190. The van der Waals surface area contributed by atoms with Crippen molar-refractivity contribution < 1.29 is 18.0 Å². The summed E-state index contributed by atoms with van der Waals surface area (Å²) in [7, 11) is 0. The van der Waals surface area contributed by atoms with Gasteiger partial charge >= 0.3 is 6.18 Å². The van der Waals surface area contributed by atoms with Crippen molar-refractivity contribution in [3.05, 3.63) is 0 Å². The first-order valence-electron chi connectivity index (χ1n) is 7.96. The summed E-state index contributed by atoms with van der Waals surface area (Å²) < 4.78 is 38.7. The monoisotopic (exact) mass is 306 g/mol. The number of likely N-dealkylation sites (tertiary alicyclic amines) is 1. The van der Waals surface area contributed by atoms with Crippen molar-refractivity contribution in [3.8, 4) is 0 Å². The molecule has 6 heteroatoms. The normalized spacial score (nSPS) is 26.7. The Bertz CT molecular complexity index is 359. The summed E-state index contributed by atoms with van der Waals surface area (Å²) in [5.41, 5.74) is -0.437. The van der Waals surface area contributed by atoms with Gasteiger partial charge in [-0.15, -0.1) is 0 Å². The molecule has 2 aliphatic rings. The van der Waals surface area contributed by atoms with Crippen LogP contribution in [-0.2, 0) is 4.79 Å². The van der Waals surface area contributed by atoms with Gasteiger partial charge in [-0.2, -0.15) is 13.2 Å². The Labute approximate surface area is 124 Å². The maximum atomic E-state index is 12.9. The summed E-state index contributed by atoms with van der Waals surface area (Å²) in [5.74, 6) is -1.39. The van der Waals surface area contributed by atoms with E-state index in [1.165, 1.54) is 4.90 Å². The smallest absolute Gasteiger partial charge is 0.342 e. The molecule has 0 aromatic carbocycles. The number of halogens is 3. The average molecular weight is 306 g/mol. The first-order chi connectivity index (χ1) is 9.89. The summed E-state index contributed by atoms with van der Waals surface area (Å²) in [5, 5.41) is 3.24. The highest BCUT2D eigenvalue weighted by Gasteiger charge is 2.46. The van der Waals surface area contributed by atoms with Gasteiger partial charge in [0.25, 0.3) is 0 Å². The van der Waals surface area contributed by atoms with Crippen molar-refractivity contribution in [1.29, 1.82) is 0 Å².